The Balaban J connectivity index is 3.22. The van der Waals surface area contributed by atoms with Crippen molar-refractivity contribution in [1.82, 2.24) is 0 Å². The first-order valence-electron chi connectivity index (χ1n) is 7.52. The highest BCUT2D eigenvalue weighted by Gasteiger charge is 2.03. The van der Waals surface area contributed by atoms with E-state index in [1.165, 1.54) is 0 Å². The van der Waals surface area contributed by atoms with Crippen molar-refractivity contribution in [3.05, 3.63) is 0 Å². The van der Waals surface area contributed by atoms with Crippen LogP contribution in [0.1, 0.15) is 71.6 Å². The van der Waals surface area contributed by atoms with Crippen molar-refractivity contribution in [2.75, 3.05) is 13.2 Å². The molecular weight excluding hydrogens is 244 g/mol. The smallest absolute Gasteiger partial charge is 0.305 e. The van der Waals surface area contributed by atoms with Crippen molar-refractivity contribution in [1.29, 1.82) is 0 Å². The molecule has 0 aliphatic carbocycles. The molecule has 0 saturated heterocycles. The molecule has 0 saturated carbocycles. The highest BCUT2D eigenvalue weighted by Crippen LogP contribution is 2.08. The molecule has 0 unspecified atom stereocenters. The van der Waals surface area contributed by atoms with Gasteiger partial charge in [0, 0.05) is 12.8 Å². The maximum Gasteiger partial charge on any atom is 0.305 e. The van der Waals surface area contributed by atoms with Crippen LogP contribution in [0.2, 0.25) is 0 Å². The normalized spacial score (nSPS) is 10.2. The number of esters is 2. The van der Waals surface area contributed by atoms with E-state index in [9.17, 15) is 9.59 Å². The summed E-state index contributed by atoms with van der Waals surface area (Å²) in [6.45, 7) is 5.02. The molecule has 0 aliphatic heterocycles. The summed E-state index contributed by atoms with van der Waals surface area (Å²) >= 11 is 0. The zero-order valence-electron chi connectivity index (χ0n) is 12.4. The van der Waals surface area contributed by atoms with Gasteiger partial charge in [-0.2, -0.15) is 0 Å². The van der Waals surface area contributed by atoms with E-state index in [1.807, 2.05) is 13.8 Å². The summed E-state index contributed by atoms with van der Waals surface area (Å²) in [5.74, 6) is -0.185. The molecule has 0 aromatic rings. The summed E-state index contributed by atoms with van der Waals surface area (Å²) in [5.41, 5.74) is 0. The Morgan fingerprint density at radius 1 is 0.684 bits per heavy atom. The topological polar surface area (TPSA) is 52.6 Å². The number of ether oxygens (including phenoxy) is 2. The minimum Gasteiger partial charge on any atom is -0.466 e. The third-order valence-electron chi connectivity index (χ3n) is 2.70. The third kappa shape index (κ3) is 13.2. The van der Waals surface area contributed by atoms with Crippen molar-refractivity contribution in [3.8, 4) is 0 Å². The summed E-state index contributed by atoms with van der Waals surface area (Å²) in [7, 11) is 0. The van der Waals surface area contributed by atoms with Gasteiger partial charge in [0.2, 0.25) is 0 Å². The van der Waals surface area contributed by atoms with Gasteiger partial charge in [-0.1, -0.05) is 33.1 Å². The Morgan fingerprint density at radius 3 is 1.42 bits per heavy atom. The summed E-state index contributed by atoms with van der Waals surface area (Å²) < 4.78 is 9.98. The molecule has 0 N–H and O–H groups in total. The summed E-state index contributed by atoms with van der Waals surface area (Å²) in [6.07, 6.45) is 7.63. The Kier molecular flexibility index (Phi) is 12.6. The van der Waals surface area contributed by atoms with Crippen LogP contribution in [0.15, 0.2) is 0 Å². The lowest BCUT2D eigenvalue weighted by molar-refractivity contribution is -0.144. The van der Waals surface area contributed by atoms with Crippen molar-refractivity contribution < 1.29 is 19.1 Å². The molecule has 19 heavy (non-hydrogen) atoms. The second-order valence-corrected chi connectivity index (χ2v) is 4.71. The summed E-state index contributed by atoms with van der Waals surface area (Å²) in [4.78, 5) is 22.4. The van der Waals surface area contributed by atoms with Gasteiger partial charge in [0.1, 0.15) is 0 Å². The highest BCUT2D eigenvalue weighted by molar-refractivity contribution is 5.69. The van der Waals surface area contributed by atoms with Crippen LogP contribution in [0.3, 0.4) is 0 Å². The standard InChI is InChI=1S/C15H28O4/c1-3-12-18-14(16)10-8-6-5-7-9-11-15(17)19-13-4-2/h3-13H2,1-2H3. The Bertz CT molecular complexity index is 214. The number of rotatable bonds is 12. The average molecular weight is 272 g/mol. The van der Waals surface area contributed by atoms with E-state index in [-0.39, 0.29) is 11.9 Å². The van der Waals surface area contributed by atoms with Crippen molar-refractivity contribution in [2.45, 2.75) is 71.6 Å². The van der Waals surface area contributed by atoms with Gasteiger partial charge in [0.25, 0.3) is 0 Å². The van der Waals surface area contributed by atoms with Crippen LogP contribution in [-0.2, 0) is 19.1 Å². The number of carbonyl (C=O) groups excluding carboxylic acids is 2. The Hall–Kier alpha value is -1.06. The lowest BCUT2D eigenvalue weighted by atomic mass is 10.1. The molecule has 0 amide bonds. The average Bonchev–Trinajstić information content (AvgIpc) is 2.41. The second-order valence-electron chi connectivity index (χ2n) is 4.71. The number of carbonyl (C=O) groups is 2. The first kappa shape index (κ1) is 17.9. The fourth-order valence-electron chi connectivity index (χ4n) is 1.65. The maximum atomic E-state index is 11.2. The molecular formula is C15H28O4. The predicted molar refractivity (Wildman–Crippen MR) is 74.8 cm³/mol. The minimum absolute atomic E-state index is 0.0926. The molecule has 0 bridgehead atoms. The zero-order valence-corrected chi connectivity index (χ0v) is 12.4. The van der Waals surface area contributed by atoms with Crippen LogP contribution in [0.25, 0.3) is 0 Å². The van der Waals surface area contributed by atoms with Gasteiger partial charge in [-0.3, -0.25) is 9.59 Å². The molecule has 4 nitrogen and oxygen atoms in total. The van der Waals surface area contributed by atoms with Gasteiger partial charge in [-0.15, -0.1) is 0 Å². The molecule has 112 valence electrons. The van der Waals surface area contributed by atoms with Crippen LogP contribution in [-0.4, -0.2) is 25.2 Å². The molecule has 0 rings (SSSR count). The van der Waals surface area contributed by atoms with E-state index < -0.39 is 0 Å². The van der Waals surface area contributed by atoms with Crippen molar-refractivity contribution in [2.24, 2.45) is 0 Å². The molecule has 0 spiro atoms. The van der Waals surface area contributed by atoms with Crippen LogP contribution in [0.4, 0.5) is 0 Å². The van der Waals surface area contributed by atoms with Crippen LogP contribution >= 0.6 is 0 Å². The molecule has 0 heterocycles. The van der Waals surface area contributed by atoms with Gasteiger partial charge in [0.05, 0.1) is 13.2 Å². The molecule has 0 atom stereocenters. The fourth-order valence-corrected chi connectivity index (χ4v) is 1.65. The number of hydrogen-bond acceptors (Lipinski definition) is 4. The lowest BCUT2D eigenvalue weighted by Gasteiger charge is -2.04. The highest BCUT2D eigenvalue weighted by atomic mass is 16.5. The van der Waals surface area contributed by atoms with Gasteiger partial charge in [-0.05, 0) is 25.7 Å². The monoisotopic (exact) mass is 272 g/mol. The Morgan fingerprint density at radius 2 is 1.05 bits per heavy atom. The van der Waals surface area contributed by atoms with E-state index in [0.717, 1.165) is 44.9 Å². The van der Waals surface area contributed by atoms with Crippen molar-refractivity contribution in [3.63, 3.8) is 0 Å². The Labute approximate surface area is 116 Å². The van der Waals surface area contributed by atoms with Gasteiger partial charge in [-0.25, -0.2) is 0 Å². The number of unbranched alkanes of at least 4 members (excludes halogenated alkanes) is 4. The van der Waals surface area contributed by atoms with Crippen LogP contribution in [0, 0.1) is 0 Å². The van der Waals surface area contributed by atoms with E-state index in [2.05, 4.69) is 0 Å². The van der Waals surface area contributed by atoms with Gasteiger partial charge >= 0.3 is 11.9 Å². The molecule has 0 fully saturated rings. The van der Waals surface area contributed by atoms with Crippen LogP contribution < -0.4 is 0 Å². The fraction of sp³-hybridized carbons (Fsp3) is 0.867. The van der Waals surface area contributed by atoms with Gasteiger partial charge in [0.15, 0.2) is 0 Å². The molecule has 0 aromatic carbocycles. The lowest BCUT2D eigenvalue weighted by Crippen LogP contribution is -2.05. The quantitative estimate of drug-likeness (QED) is 0.402. The van der Waals surface area contributed by atoms with E-state index >= 15 is 0 Å². The SMILES string of the molecule is CCCOC(=O)CCCCCCCC(=O)OCCC. The molecule has 4 heteroatoms. The predicted octanol–water partition coefficient (Wildman–Crippen LogP) is 3.62. The second kappa shape index (κ2) is 13.4. The summed E-state index contributed by atoms with van der Waals surface area (Å²) in [5, 5.41) is 0. The molecule has 0 radical (unpaired) electrons. The molecule has 0 aliphatic rings. The zero-order chi connectivity index (χ0) is 14.3. The first-order valence-corrected chi connectivity index (χ1v) is 7.52. The third-order valence-corrected chi connectivity index (χ3v) is 2.70. The van der Waals surface area contributed by atoms with E-state index in [4.69, 9.17) is 9.47 Å². The summed E-state index contributed by atoms with van der Waals surface area (Å²) in [6, 6.07) is 0. The largest absolute Gasteiger partial charge is 0.466 e. The number of hydrogen-bond donors (Lipinski definition) is 0. The van der Waals surface area contributed by atoms with Gasteiger partial charge < -0.3 is 9.47 Å². The van der Waals surface area contributed by atoms with Crippen LogP contribution in [0.5, 0.6) is 0 Å². The maximum absolute atomic E-state index is 11.2. The van der Waals surface area contributed by atoms with Crippen molar-refractivity contribution >= 4 is 11.9 Å². The van der Waals surface area contributed by atoms with E-state index in [0.29, 0.717) is 26.1 Å². The minimum atomic E-state index is -0.0926. The molecule has 0 aromatic heterocycles. The van der Waals surface area contributed by atoms with E-state index in [1.54, 1.807) is 0 Å². The first-order chi connectivity index (χ1) is 9.20.